The van der Waals surface area contributed by atoms with Gasteiger partial charge >= 0.3 is 6.18 Å². The van der Waals surface area contributed by atoms with Gasteiger partial charge in [-0.1, -0.05) is 0 Å². The molecule has 0 aliphatic heterocycles. The molecule has 0 saturated carbocycles. The molecule has 2 rings (SSSR count). The van der Waals surface area contributed by atoms with E-state index in [0.717, 1.165) is 12.1 Å². The number of benzene rings is 1. The monoisotopic (exact) mass is 360 g/mol. The van der Waals surface area contributed by atoms with Crippen LogP contribution in [0.5, 0.6) is 11.6 Å². The highest BCUT2D eigenvalue weighted by Crippen LogP contribution is 2.32. The van der Waals surface area contributed by atoms with E-state index in [1.54, 1.807) is 6.07 Å². The second kappa shape index (κ2) is 5.69. The van der Waals surface area contributed by atoms with Crippen molar-refractivity contribution < 1.29 is 22.3 Å². The first-order valence-corrected chi connectivity index (χ1v) is 6.22. The predicted octanol–water partition coefficient (Wildman–Crippen LogP) is 4.67. The maximum atomic E-state index is 13.3. The van der Waals surface area contributed by atoms with Crippen molar-refractivity contribution in [3.63, 3.8) is 0 Å². The Bertz CT molecular complexity index is 725. The molecule has 0 atom stereocenters. The van der Waals surface area contributed by atoms with Crippen LogP contribution in [0.2, 0.25) is 0 Å². The molecule has 2 aromatic rings. The number of hydrogen-bond acceptors (Lipinski definition) is 3. The zero-order valence-corrected chi connectivity index (χ0v) is 11.7. The number of halogens is 5. The molecular weight excluding hydrogens is 356 g/mol. The molecule has 0 radical (unpaired) electrons. The Morgan fingerprint density at radius 1 is 1.19 bits per heavy atom. The van der Waals surface area contributed by atoms with Crippen molar-refractivity contribution >= 4 is 15.9 Å². The van der Waals surface area contributed by atoms with Crippen molar-refractivity contribution in [2.24, 2.45) is 0 Å². The Hall–Kier alpha value is -2.14. The third-order valence-electron chi connectivity index (χ3n) is 2.38. The van der Waals surface area contributed by atoms with E-state index in [0.29, 0.717) is 6.07 Å². The van der Waals surface area contributed by atoms with Crippen LogP contribution in [0.15, 0.2) is 34.8 Å². The summed E-state index contributed by atoms with van der Waals surface area (Å²) in [5.41, 5.74) is -1.39. The van der Waals surface area contributed by atoms with Gasteiger partial charge in [-0.25, -0.2) is 9.37 Å². The van der Waals surface area contributed by atoms with E-state index in [1.165, 1.54) is 12.1 Å². The topological polar surface area (TPSA) is 45.9 Å². The average molecular weight is 361 g/mol. The molecule has 0 aliphatic rings. The molecule has 1 heterocycles. The van der Waals surface area contributed by atoms with Gasteiger partial charge in [0.25, 0.3) is 0 Å². The van der Waals surface area contributed by atoms with Crippen LogP contribution in [-0.2, 0) is 6.18 Å². The normalized spacial score (nSPS) is 11.0. The van der Waals surface area contributed by atoms with E-state index in [4.69, 9.17) is 10.00 Å². The van der Waals surface area contributed by atoms with Crippen LogP contribution in [-0.4, -0.2) is 4.98 Å². The van der Waals surface area contributed by atoms with Crippen molar-refractivity contribution in [3.05, 3.63) is 51.9 Å². The van der Waals surface area contributed by atoms with Crippen molar-refractivity contribution in [2.45, 2.75) is 6.18 Å². The minimum absolute atomic E-state index is 0.0703. The molecule has 0 bridgehead atoms. The van der Waals surface area contributed by atoms with Gasteiger partial charge < -0.3 is 4.74 Å². The number of nitriles is 1. The number of hydrogen-bond donors (Lipinski definition) is 0. The Morgan fingerprint density at radius 3 is 2.48 bits per heavy atom. The van der Waals surface area contributed by atoms with E-state index < -0.39 is 23.6 Å². The smallest absolute Gasteiger partial charge is 0.433 e. The summed E-state index contributed by atoms with van der Waals surface area (Å²) in [6.07, 6.45) is -4.67. The van der Waals surface area contributed by atoms with Crippen LogP contribution in [0, 0.1) is 17.1 Å². The first kappa shape index (κ1) is 15.3. The molecule has 0 fully saturated rings. The van der Waals surface area contributed by atoms with E-state index >= 15 is 0 Å². The molecule has 1 aromatic heterocycles. The predicted molar refractivity (Wildman–Crippen MR) is 68.1 cm³/mol. The van der Waals surface area contributed by atoms with Gasteiger partial charge in [0.2, 0.25) is 5.88 Å². The van der Waals surface area contributed by atoms with Gasteiger partial charge in [0, 0.05) is 6.07 Å². The zero-order valence-electron chi connectivity index (χ0n) is 10.1. The van der Waals surface area contributed by atoms with E-state index in [9.17, 15) is 17.6 Å². The zero-order chi connectivity index (χ0) is 15.6. The van der Waals surface area contributed by atoms with Crippen molar-refractivity contribution in [3.8, 4) is 17.7 Å². The minimum atomic E-state index is -4.67. The van der Waals surface area contributed by atoms with Crippen molar-refractivity contribution in [1.82, 2.24) is 4.98 Å². The first-order valence-electron chi connectivity index (χ1n) is 5.42. The number of aromatic nitrogens is 1. The Labute approximate surface area is 124 Å². The van der Waals surface area contributed by atoms with Crippen molar-refractivity contribution in [1.29, 1.82) is 5.26 Å². The molecule has 0 amide bonds. The van der Waals surface area contributed by atoms with E-state index in [2.05, 4.69) is 20.9 Å². The molecule has 0 saturated heterocycles. The fourth-order valence-electron chi connectivity index (χ4n) is 1.41. The van der Waals surface area contributed by atoms with Crippen LogP contribution in [0.4, 0.5) is 17.6 Å². The van der Waals surface area contributed by atoms with Crippen LogP contribution >= 0.6 is 15.9 Å². The largest absolute Gasteiger partial charge is 0.438 e. The molecule has 0 spiro atoms. The second-order valence-corrected chi connectivity index (χ2v) is 4.69. The van der Waals surface area contributed by atoms with Gasteiger partial charge in [0.1, 0.15) is 28.9 Å². The second-order valence-electron chi connectivity index (χ2n) is 3.84. The number of ether oxygens (including phenoxy) is 1. The standard InChI is InChI=1S/C13H5BrF4N2O/c14-9-3-2-8(5-10(9)15)21-12-7(6-19)1-4-11(20-12)13(16,17)18/h1-5H. The molecule has 0 unspecified atom stereocenters. The third kappa shape index (κ3) is 3.49. The molecule has 108 valence electrons. The number of rotatable bonds is 2. The van der Waals surface area contributed by atoms with Gasteiger partial charge in [0.05, 0.1) is 4.47 Å². The van der Waals surface area contributed by atoms with E-state index in [1.807, 2.05) is 0 Å². The van der Waals surface area contributed by atoms with Crippen LogP contribution in [0.3, 0.4) is 0 Å². The van der Waals surface area contributed by atoms with Crippen LogP contribution in [0.1, 0.15) is 11.3 Å². The summed E-state index contributed by atoms with van der Waals surface area (Å²) in [6.45, 7) is 0. The number of pyridine rings is 1. The fourth-order valence-corrected chi connectivity index (χ4v) is 1.66. The Kier molecular flexibility index (Phi) is 4.14. The van der Waals surface area contributed by atoms with Crippen molar-refractivity contribution in [2.75, 3.05) is 0 Å². The fraction of sp³-hybridized carbons (Fsp3) is 0.0769. The lowest BCUT2D eigenvalue weighted by Gasteiger charge is -2.10. The summed E-state index contributed by atoms with van der Waals surface area (Å²) >= 11 is 2.93. The summed E-state index contributed by atoms with van der Waals surface area (Å²) in [6, 6.07) is 6.90. The quantitative estimate of drug-likeness (QED) is 0.731. The van der Waals surface area contributed by atoms with Gasteiger partial charge in [0.15, 0.2) is 0 Å². The number of nitrogens with zero attached hydrogens (tertiary/aromatic N) is 2. The van der Waals surface area contributed by atoms with Gasteiger partial charge in [-0.2, -0.15) is 18.4 Å². The minimum Gasteiger partial charge on any atom is -0.438 e. The summed E-state index contributed by atoms with van der Waals surface area (Å²) in [5, 5.41) is 8.86. The number of alkyl halides is 3. The van der Waals surface area contributed by atoms with Gasteiger partial charge in [-0.15, -0.1) is 0 Å². The van der Waals surface area contributed by atoms with Crippen LogP contribution < -0.4 is 4.74 Å². The molecule has 0 aliphatic carbocycles. The molecule has 3 nitrogen and oxygen atoms in total. The Morgan fingerprint density at radius 2 is 1.90 bits per heavy atom. The highest BCUT2D eigenvalue weighted by molar-refractivity contribution is 9.10. The maximum absolute atomic E-state index is 13.3. The molecule has 21 heavy (non-hydrogen) atoms. The molecule has 1 aromatic carbocycles. The summed E-state index contributed by atoms with van der Waals surface area (Å²) in [4.78, 5) is 3.26. The maximum Gasteiger partial charge on any atom is 0.433 e. The lowest BCUT2D eigenvalue weighted by Crippen LogP contribution is -2.09. The highest BCUT2D eigenvalue weighted by Gasteiger charge is 2.33. The summed E-state index contributed by atoms with van der Waals surface area (Å²) in [5.74, 6) is -1.26. The molecule has 8 heteroatoms. The average Bonchev–Trinajstić information content (AvgIpc) is 2.42. The molecule has 0 N–H and O–H groups in total. The Balaban J connectivity index is 2.42. The lowest BCUT2D eigenvalue weighted by atomic mass is 10.2. The van der Waals surface area contributed by atoms with Crippen LogP contribution in [0.25, 0.3) is 0 Å². The lowest BCUT2D eigenvalue weighted by molar-refractivity contribution is -0.141. The highest BCUT2D eigenvalue weighted by atomic mass is 79.9. The molecular formula is C13H5BrF4N2O. The SMILES string of the molecule is N#Cc1ccc(C(F)(F)F)nc1Oc1ccc(Br)c(F)c1. The van der Waals surface area contributed by atoms with E-state index in [-0.39, 0.29) is 15.8 Å². The summed E-state index contributed by atoms with van der Waals surface area (Å²) in [7, 11) is 0. The summed E-state index contributed by atoms with van der Waals surface area (Å²) < 4.78 is 56.4. The third-order valence-corrected chi connectivity index (χ3v) is 3.02. The van der Waals surface area contributed by atoms with Gasteiger partial charge in [-0.3, -0.25) is 0 Å². The first-order chi connectivity index (χ1) is 9.81. The van der Waals surface area contributed by atoms with Gasteiger partial charge in [-0.05, 0) is 40.2 Å².